The third-order valence-electron chi connectivity index (χ3n) is 4.34. The van der Waals surface area contributed by atoms with Gasteiger partial charge in [0.1, 0.15) is 5.69 Å². The van der Waals surface area contributed by atoms with Crippen LogP contribution in [0.3, 0.4) is 0 Å². The lowest BCUT2D eigenvalue weighted by molar-refractivity contribution is 0.0647. The van der Waals surface area contributed by atoms with Crippen molar-refractivity contribution in [2.45, 2.75) is 32.4 Å². The number of ether oxygens (including phenoxy) is 1. The first-order valence-electron chi connectivity index (χ1n) is 8.10. The molecular formula is C17H21N3O3S. The molecule has 3 heterocycles. The van der Waals surface area contributed by atoms with Crippen LogP contribution in [0.5, 0.6) is 0 Å². The molecule has 0 spiro atoms. The summed E-state index contributed by atoms with van der Waals surface area (Å²) in [6.07, 6.45) is 1.73. The van der Waals surface area contributed by atoms with E-state index in [1.54, 1.807) is 18.4 Å². The second-order valence-electron chi connectivity index (χ2n) is 5.74. The van der Waals surface area contributed by atoms with Gasteiger partial charge >= 0.3 is 0 Å². The number of hydrogen-bond acceptors (Lipinski definition) is 5. The van der Waals surface area contributed by atoms with Gasteiger partial charge in [0.2, 0.25) is 0 Å². The lowest BCUT2D eigenvalue weighted by Crippen LogP contribution is -2.40. The Bertz CT molecular complexity index is 783. The predicted molar refractivity (Wildman–Crippen MR) is 92.5 cm³/mol. The topological polar surface area (TPSA) is 64.4 Å². The molecule has 0 radical (unpaired) electrons. The highest BCUT2D eigenvalue weighted by atomic mass is 32.1. The Morgan fingerprint density at radius 2 is 2.25 bits per heavy atom. The van der Waals surface area contributed by atoms with Crippen molar-refractivity contribution in [2.75, 3.05) is 20.3 Å². The number of fused-ring (bicyclic) bond motifs is 1. The molecule has 0 aliphatic carbocycles. The molecule has 1 atom stereocenters. The summed E-state index contributed by atoms with van der Waals surface area (Å²) >= 11 is 1.75. The van der Waals surface area contributed by atoms with E-state index in [0.29, 0.717) is 25.4 Å². The highest BCUT2D eigenvalue weighted by Gasteiger charge is 2.31. The molecule has 0 bridgehead atoms. The second-order valence-corrected chi connectivity index (χ2v) is 6.75. The molecule has 6 nitrogen and oxygen atoms in total. The summed E-state index contributed by atoms with van der Waals surface area (Å²) in [4.78, 5) is 28.0. The van der Waals surface area contributed by atoms with Crippen molar-refractivity contribution in [3.05, 3.63) is 50.1 Å². The van der Waals surface area contributed by atoms with Gasteiger partial charge in [-0.25, -0.2) is 4.68 Å². The normalized spacial score (nSPS) is 16.9. The zero-order chi connectivity index (χ0) is 17.1. The molecule has 1 amide bonds. The number of hydrogen-bond donors (Lipinski definition) is 0. The fourth-order valence-corrected chi connectivity index (χ4v) is 4.06. The van der Waals surface area contributed by atoms with Crippen LogP contribution in [0.25, 0.3) is 0 Å². The van der Waals surface area contributed by atoms with E-state index in [0.717, 1.165) is 12.8 Å². The Hall–Kier alpha value is -1.99. The van der Waals surface area contributed by atoms with E-state index in [1.165, 1.54) is 27.3 Å². The van der Waals surface area contributed by atoms with Gasteiger partial charge in [-0.1, -0.05) is 6.92 Å². The number of aromatic nitrogens is 2. The summed E-state index contributed by atoms with van der Waals surface area (Å²) in [6.45, 7) is 3.49. The van der Waals surface area contributed by atoms with Crippen LogP contribution in [-0.4, -0.2) is 40.8 Å². The Labute approximate surface area is 144 Å². The molecule has 128 valence electrons. The maximum Gasteiger partial charge on any atom is 0.274 e. The fourth-order valence-electron chi connectivity index (χ4n) is 3.13. The minimum atomic E-state index is -0.227. The Morgan fingerprint density at radius 1 is 1.42 bits per heavy atom. The molecule has 2 aromatic rings. The molecule has 0 saturated heterocycles. The van der Waals surface area contributed by atoms with Crippen LogP contribution >= 0.6 is 11.3 Å². The number of thiophene rings is 1. The number of carbonyl (C=O) groups is 1. The van der Waals surface area contributed by atoms with E-state index >= 15 is 0 Å². The number of rotatable bonds is 5. The first-order chi connectivity index (χ1) is 11.7. The van der Waals surface area contributed by atoms with E-state index < -0.39 is 0 Å². The van der Waals surface area contributed by atoms with E-state index in [2.05, 4.69) is 23.5 Å². The molecule has 0 unspecified atom stereocenters. The Morgan fingerprint density at radius 3 is 3.00 bits per heavy atom. The molecule has 7 heteroatoms. The van der Waals surface area contributed by atoms with Crippen molar-refractivity contribution in [1.82, 2.24) is 14.7 Å². The SMILES string of the molecule is CC[C@@H]1c2ccsc2CCN1C(=O)c1ccc(=O)n(CCOC)n1. The number of nitrogens with zero attached hydrogens (tertiary/aromatic N) is 3. The number of methoxy groups -OCH3 is 1. The number of carbonyl (C=O) groups excluding carboxylic acids is 1. The zero-order valence-corrected chi connectivity index (χ0v) is 14.7. The van der Waals surface area contributed by atoms with Gasteiger partial charge in [-0.2, -0.15) is 5.10 Å². The summed E-state index contributed by atoms with van der Waals surface area (Å²) < 4.78 is 6.28. The van der Waals surface area contributed by atoms with E-state index in [-0.39, 0.29) is 17.5 Å². The van der Waals surface area contributed by atoms with Gasteiger partial charge in [0, 0.05) is 24.6 Å². The van der Waals surface area contributed by atoms with E-state index in [4.69, 9.17) is 4.74 Å². The van der Waals surface area contributed by atoms with Crippen molar-refractivity contribution in [2.24, 2.45) is 0 Å². The number of amides is 1. The van der Waals surface area contributed by atoms with Crippen LogP contribution < -0.4 is 5.56 Å². The smallest absolute Gasteiger partial charge is 0.274 e. The van der Waals surface area contributed by atoms with E-state index in [9.17, 15) is 9.59 Å². The third-order valence-corrected chi connectivity index (χ3v) is 5.33. The zero-order valence-electron chi connectivity index (χ0n) is 13.9. The van der Waals surface area contributed by atoms with Crippen LogP contribution in [0.15, 0.2) is 28.4 Å². The Balaban J connectivity index is 1.87. The van der Waals surface area contributed by atoms with Crippen molar-refractivity contribution < 1.29 is 9.53 Å². The van der Waals surface area contributed by atoms with Gasteiger partial charge in [-0.05, 0) is 35.9 Å². The summed E-state index contributed by atoms with van der Waals surface area (Å²) in [5.41, 5.74) is 1.33. The molecular weight excluding hydrogens is 326 g/mol. The molecule has 0 fully saturated rings. The van der Waals surface area contributed by atoms with Gasteiger partial charge in [-0.15, -0.1) is 11.3 Å². The molecule has 0 N–H and O–H groups in total. The van der Waals surface area contributed by atoms with Gasteiger partial charge in [0.25, 0.3) is 11.5 Å². The minimum absolute atomic E-state index is 0.0775. The highest BCUT2D eigenvalue weighted by Crippen LogP contribution is 2.35. The summed E-state index contributed by atoms with van der Waals surface area (Å²) in [5.74, 6) is -0.120. The minimum Gasteiger partial charge on any atom is -0.383 e. The summed E-state index contributed by atoms with van der Waals surface area (Å²) in [5, 5.41) is 6.32. The molecule has 24 heavy (non-hydrogen) atoms. The third kappa shape index (κ3) is 3.14. The first kappa shape index (κ1) is 16.9. The quantitative estimate of drug-likeness (QED) is 0.831. The lowest BCUT2D eigenvalue weighted by Gasteiger charge is -2.35. The molecule has 1 aliphatic rings. The van der Waals surface area contributed by atoms with Crippen molar-refractivity contribution in [1.29, 1.82) is 0 Å². The largest absolute Gasteiger partial charge is 0.383 e. The average Bonchev–Trinajstić information content (AvgIpc) is 3.08. The van der Waals surface area contributed by atoms with Gasteiger partial charge in [-0.3, -0.25) is 9.59 Å². The summed E-state index contributed by atoms with van der Waals surface area (Å²) in [7, 11) is 1.57. The summed E-state index contributed by atoms with van der Waals surface area (Å²) in [6, 6.07) is 5.11. The lowest BCUT2D eigenvalue weighted by atomic mass is 9.97. The van der Waals surface area contributed by atoms with Crippen LogP contribution in [0.2, 0.25) is 0 Å². The van der Waals surface area contributed by atoms with Crippen LogP contribution in [0, 0.1) is 0 Å². The first-order valence-corrected chi connectivity index (χ1v) is 8.98. The van der Waals surface area contributed by atoms with Gasteiger partial charge in [0.05, 0.1) is 19.2 Å². The van der Waals surface area contributed by atoms with Crippen molar-refractivity contribution in [3.63, 3.8) is 0 Å². The maximum absolute atomic E-state index is 13.0. The fraction of sp³-hybridized carbons (Fsp3) is 0.471. The van der Waals surface area contributed by atoms with Gasteiger partial charge < -0.3 is 9.64 Å². The highest BCUT2D eigenvalue weighted by molar-refractivity contribution is 7.10. The molecule has 0 aromatic carbocycles. The predicted octanol–water partition coefficient (Wildman–Crippen LogP) is 2.10. The van der Waals surface area contributed by atoms with Crippen LogP contribution in [0.1, 0.15) is 40.3 Å². The molecule has 3 rings (SSSR count). The monoisotopic (exact) mass is 347 g/mol. The standard InChI is InChI=1S/C17H21N3O3S/c1-3-14-12-7-11-24-15(12)6-8-19(14)17(22)13-4-5-16(21)20(18-13)9-10-23-2/h4-5,7,11,14H,3,6,8-10H2,1-2H3/t14-/m1/s1. The average molecular weight is 347 g/mol. The Kier molecular flexibility index (Phi) is 5.11. The van der Waals surface area contributed by atoms with E-state index in [1.807, 2.05) is 4.90 Å². The van der Waals surface area contributed by atoms with Crippen LogP contribution in [0.4, 0.5) is 0 Å². The maximum atomic E-state index is 13.0. The second kappa shape index (κ2) is 7.27. The van der Waals surface area contributed by atoms with Crippen molar-refractivity contribution >= 4 is 17.2 Å². The van der Waals surface area contributed by atoms with Gasteiger partial charge in [0.15, 0.2) is 0 Å². The molecule has 0 saturated carbocycles. The van der Waals surface area contributed by atoms with Crippen molar-refractivity contribution in [3.8, 4) is 0 Å². The van der Waals surface area contributed by atoms with Crippen LogP contribution in [-0.2, 0) is 17.7 Å². The molecule has 1 aliphatic heterocycles. The molecule has 2 aromatic heterocycles.